The van der Waals surface area contributed by atoms with Crippen molar-refractivity contribution < 1.29 is 4.79 Å². The molecule has 1 fully saturated rings. The predicted octanol–water partition coefficient (Wildman–Crippen LogP) is 5.62. The van der Waals surface area contributed by atoms with E-state index in [1.807, 2.05) is 36.5 Å². The molecule has 1 aliphatic heterocycles. The average molecular weight is 497 g/mol. The summed E-state index contributed by atoms with van der Waals surface area (Å²) >= 11 is 0. The van der Waals surface area contributed by atoms with Gasteiger partial charge in [0.15, 0.2) is 0 Å². The molecule has 0 bridgehead atoms. The van der Waals surface area contributed by atoms with E-state index in [0.29, 0.717) is 5.56 Å². The fraction of sp³-hybridized carbons (Fsp3) is 0.367. The van der Waals surface area contributed by atoms with Crippen LogP contribution in [0.25, 0.3) is 28.2 Å². The lowest BCUT2D eigenvalue weighted by molar-refractivity contribution is 0.100. The number of likely N-dealkylation sites (tertiary alicyclic amines) is 1. The lowest BCUT2D eigenvalue weighted by atomic mass is 9.96. The molecule has 37 heavy (non-hydrogen) atoms. The normalized spacial score (nSPS) is 14.2. The lowest BCUT2D eigenvalue weighted by Crippen LogP contribution is -2.30. The number of carbonyl (C=O) groups excluding carboxylic acids is 1. The maximum atomic E-state index is 12.5. The lowest BCUT2D eigenvalue weighted by Gasteiger charge is -2.26. The highest BCUT2D eigenvalue weighted by Crippen LogP contribution is 2.35. The number of aryl methyl sites for hydroxylation is 1. The molecule has 1 amide bonds. The van der Waals surface area contributed by atoms with Gasteiger partial charge in [0, 0.05) is 29.2 Å². The molecule has 7 heteroatoms. The van der Waals surface area contributed by atoms with E-state index in [2.05, 4.69) is 38.0 Å². The summed E-state index contributed by atoms with van der Waals surface area (Å²) in [7, 11) is 0. The first-order valence-corrected chi connectivity index (χ1v) is 13.5. The predicted molar refractivity (Wildman–Crippen MR) is 148 cm³/mol. The Balaban J connectivity index is 1.39. The Hall–Kier alpha value is -3.71. The number of hydrogen-bond donors (Lipinski definition) is 2. The average Bonchev–Trinajstić information content (AvgIpc) is 3.62. The van der Waals surface area contributed by atoms with Gasteiger partial charge in [-0.1, -0.05) is 49.6 Å². The number of unbranched alkanes of at least 4 members (excludes halogenated alkanes) is 3. The Labute approximate surface area is 218 Å². The van der Waals surface area contributed by atoms with E-state index in [1.54, 1.807) is 12.3 Å². The highest BCUT2D eigenvalue weighted by atomic mass is 16.1. The zero-order chi connectivity index (χ0) is 25.5. The molecule has 0 saturated carbocycles. The molecule has 192 valence electrons. The fourth-order valence-electron chi connectivity index (χ4n) is 5.33. The third-order valence-corrected chi connectivity index (χ3v) is 7.26. The molecular weight excluding hydrogens is 460 g/mol. The van der Waals surface area contributed by atoms with Gasteiger partial charge in [0.05, 0.1) is 17.5 Å². The highest BCUT2D eigenvalue weighted by molar-refractivity contribution is 6.03. The molecule has 4 aromatic rings. The van der Waals surface area contributed by atoms with Crippen molar-refractivity contribution in [2.24, 2.45) is 5.73 Å². The number of aromatic amines is 1. The number of imidazole rings is 1. The SMILES string of the molecule is NC(=O)c1cccc(-c2cn[nH]c2)c1-c1nc(CCCCCCN2CCCCC2)cn1-c1ccccc1. The van der Waals surface area contributed by atoms with Crippen molar-refractivity contribution in [3.8, 4) is 28.2 Å². The molecule has 2 aromatic heterocycles. The molecule has 0 aliphatic carbocycles. The van der Waals surface area contributed by atoms with Gasteiger partial charge >= 0.3 is 0 Å². The van der Waals surface area contributed by atoms with Gasteiger partial charge in [-0.05, 0) is 75.5 Å². The number of rotatable bonds is 11. The van der Waals surface area contributed by atoms with Crippen LogP contribution >= 0.6 is 0 Å². The van der Waals surface area contributed by atoms with Gasteiger partial charge in [0.1, 0.15) is 5.82 Å². The summed E-state index contributed by atoms with van der Waals surface area (Å²) in [5.74, 6) is 0.245. The second-order valence-corrected chi connectivity index (χ2v) is 9.91. The zero-order valence-electron chi connectivity index (χ0n) is 21.4. The first-order valence-electron chi connectivity index (χ1n) is 13.5. The van der Waals surface area contributed by atoms with Crippen molar-refractivity contribution in [3.63, 3.8) is 0 Å². The van der Waals surface area contributed by atoms with Gasteiger partial charge in [-0.15, -0.1) is 0 Å². The largest absolute Gasteiger partial charge is 0.366 e. The molecule has 3 N–H and O–H groups in total. The van der Waals surface area contributed by atoms with Gasteiger partial charge in [0.2, 0.25) is 5.91 Å². The fourth-order valence-corrected chi connectivity index (χ4v) is 5.33. The van der Waals surface area contributed by atoms with Crippen LogP contribution in [0, 0.1) is 0 Å². The Morgan fingerprint density at radius 3 is 2.51 bits per heavy atom. The second-order valence-electron chi connectivity index (χ2n) is 9.91. The molecule has 3 heterocycles. The number of primary amides is 1. The highest BCUT2D eigenvalue weighted by Gasteiger charge is 2.22. The number of para-hydroxylation sites is 1. The van der Waals surface area contributed by atoms with Crippen molar-refractivity contribution in [1.29, 1.82) is 0 Å². The quantitative estimate of drug-likeness (QED) is 0.264. The van der Waals surface area contributed by atoms with Crippen LogP contribution in [-0.4, -0.2) is 50.2 Å². The van der Waals surface area contributed by atoms with Crippen molar-refractivity contribution in [2.45, 2.75) is 51.4 Å². The smallest absolute Gasteiger partial charge is 0.249 e. The minimum Gasteiger partial charge on any atom is -0.366 e. The third kappa shape index (κ3) is 6.00. The number of hydrogen-bond acceptors (Lipinski definition) is 4. The summed E-state index contributed by atoms with van der Waals surface area (Å²) in [5, 5.41) is 6.99. The molecular formula is C30H36N6O. The Kier molecular flexibility index (Phi) is 8.11. The minimum absolute atomic E-state index is 0.450. The maximum absolute atomic E-state index is 12.5. The summed E-state index contributed by atoms with van der Waals surface area (Å²) < 4.78 is 2.08. The van der Waals surface area contributed by atoms with Gasteiger partial charge in [0.25, 0.3) is 0 Å². The monoisotopic (exact) mass is 496 g/mol. The van der Waals surface area contributed by atoms with Crippen LogP contribution in [0.15, 0.2) is 67.1 Å². The van der Waals surface area contributed by atoms with Crippen LogP contribution in [0.1, 0.15) is 61.0 Å². The third-order valence-electron chi connectivity index (χ3n) is 7.26. The Morgan fingerprint density at radius 2 is 1.76 bits per heavy atom. The standard InChI is InChI=1S/C30H36N6O/c31-29(37)27-16-11-15-26(23-20-32-33-21-23)28(27)30-34-24(22-36(30)25-13-6-3-7-14-25)12-5-1-2-8-17-35-18-9-4-10-19-35/h3,6-7,11,13-16,20-22H,1-2,4-5,8-10,12,17-19H2,(H2,31,37)(H,32,33). The van der Waals surface area contributed by atoms with Crippen LogP contribution in [0.4, 0.5) is 0 Å². The van der Waals surface area contributed by atoms with E-state index in [4.69, 9.17) is 10.7 Å². The molecule has 0 radical (unpaired) electrons. The van der Waals surface area contributed by atoms with Crippen molar-refractivity contribution >= 4 is 5.91 Å². The first-order chi connectivity index (χ1) is 18.2. The summed E-state index contributed by atoms with van der Waals surface area (Å²) in [4.78, 5) is 20.2. The van der Waals surface area contributed by atoms with Crippen LogP contribution in [0.5, 0.6) is 0 Å². The Bertz CT molecular complexity index is 1290. The van der Waals surface area contributed by atoms with E-state index in [1.165, 1.54) is 58.2 Å². The summed E-state index contributed by atoms with van der Waals surface area (Å²) in [5.41, 5.74) is 10.8. The number of benzene rings is 2. The zero-order valence-corrected chi connectivity index (χ0v) is 21.4. The van der Waals surface area contributed by atoms with Crippen LogP contribution in [0.3, 0.4) is 0 Å². The van der Waals surface area contributed by atoms with Crippen LogP contribution in [0.2, 0.25) is 0 Å². The Morgan fingerprint density at radius 1 is 0.946 bits per heavy atom. The second kappa shape index (κ2) is 12.0. The number of nitrogens with zero attached hydrogens (tertiary/aromatic N) is 4. The number of nitrogens with one attached hydrogen (secondary N) is 1. The van der Waals surface area contributed by atoms with E-state index < -0.39 is 5.91 Å². The van der Waals surface area contributed by atoms with E-state index in [0.717, 1.165) is 46.7 Å². The number of aromatic nitrogens is 4. The van der Waals surface area contributed by atoms with Crippen molar-refractivity contribution in [2.75, 3.05) is 19.6 Å². The van der Waals surface area contributed by atoms with Gasteiger partial charge in [-0.25, -0.2) is 4.98 Å². The molecule has 1 aliphatic rings. The van der Waals surface area contributed by atoms with Crippen LogP contribution in [-0.2, 0) is 6.42 Å². The van der Waals surface area contributed by atoms with Crippen molar-refractivity contribution in [3.05, 3.63) is 78.4 Å². The van der Waals surface area contributed by atoms with Gasteiger partial charge < -0.3 is 10.6 Å². The molecule has 2 aromatic carbocycles. The number of carbonyl (C=O) groups is 1. The number of nitrogens with two attached hydrogens (primary N) is 1. The summed E-state index contributed by atoms with van der Waals surface area (Å²) in [6.45, 7) is 3.77. The van der Waals surface area contributed by atoms with E-state index in [-0.39, 0.29) is 0 Å². The van der Waals surface area contributed by atoms with Crippen molar-refractivity contribution in [1.82, 2.24) is 24.6 Å². The molecule has 0 unspecified atom stereocenters. The first kappa shape index (κ1) is 25.0. The van der Waals surface area contributed by atoms with E-state index >= 15 is 0 Å². The maximum Gasteiger partial charge on any atom is 0.249 e. The molecule has 0 spiro atoms. The summed E-state index contributed by atoms with van der Waals surface area (Å²) in [6, 6.07) is 15.7. The number of amides is 1. The molecule has 5 rings (SSSR count). The van der Waals surface area contributed by atoms with Crippen LogP contribution < -0.4 is 5.73 Å². The number of H-pyrrole nitrogens is 1. The van der Waals surface area contributed by atoms with Gasteiger partial charge in [-0.3, -0.25) is 14.5 Å². The van der Waals surface area contributed by atoms with Gasteiger partial charge in [-0.2, -0.15) is 5.10 Å². The minimum atomic E-state index is -0.474. The van der Waals surface area contributed by atoms with E-state index in [9.17, 15) is 4.79 Å². The topological polar surface area (TPSA) is 92.8 Å². The molecule has 7 nitrogen and oxygen atoms in total. The number of piperidine rings is 1. The summed E-state index contributed by atoms with van der Waals surface area (Å²) in [6.07, 6.45) is 15.5. The molecule has 1 saturated heterocycles. The molecule has 0 atom stereocenters.